The lowest BCUT2D eigenvalue weighted by molar-refractivity contribution is -0.127. The number of likely N-dealkylation sites (tertiary alicyclic amines) is 1. The third-order valence-electron chi connectivity index (χ3n) is 6.39. The van der Waals surface area contributed by atoms with Crippen molar-refractivity contribution in [2.24, 2.45) is 5.92 Å². The summed E-state index contributed by atoms with van der Waals surface area (Å²) in [5.74, 6) is -0.818. The number of anilines is 1. The molecule has 1 atom stereocenters. The van der Waals surface area contributed by atoms with Crippen LogP contribution in [0.25, 0.3) is 0 Å². The number of carbonyl (C=O) groups excluding carboxylic acids is 3. The summed E-state index contributed by atoms with van der Waals surface area (Å²) in [6.45, 7) is 2.93. The minimum Gasteiger partial charge on any atom is -0.353 e. The lowest BCUT2D eigenvalue weighted by atomic mass is 9.96. The summed E-state index contributed by atoms with van der Waals surface area (Å²) in [7, 11) is 0. The summed E-state index contributed by atoms with van der Waals surface area (Å²) < 4.78 is 0. The van der Waals surface area contributed by atoms with Crippen LogP contribution >= 0.6 is 11.3 Å². The van der Waals surface area contributed by atoms with Crippen molar-refractivity contribution >= 4 is 34.7 Å². The van der Waals surface area contributed by atoms with Gasteiger partial charge in [0.1, 0.15) is 0 Å². The predicted octanol–water partition coefficient (Wildman–Crippen LogP) is 3.79. The van der Waals surface area contributed by atoms with Crippen molar-refractivity contribution < 1.29 is 14.4 Å². The monoisotopic (exact) mass is 469 g/mol. The van der Waals surface area contributed by atoms with Crippen LogP contribution in [0.2, 0.25) is 0 Å². The van der Waals surface area contributed by atoms with Crippen LogP contribution in [-0.4, -0.2) is 52.0 Å². The van der Waals surface area contributed by atoms with Crippen molar-refractivity contribution in [2.45, 2.75) is 64.3 Å². The first-order valence-electron chi connectivity index (χ1n) is 11.8. The Morgan fingerprint density at radius 2 is 1.64 bits per heavy atom. The molecular weight excluding hydrogens is 438 g/mol. The van der Waals surface area contributed by atoms with Crippen molar-refractivity contribution in [2.75, 3.05) is 18.4 Å². The minimum absolute atomic E-state index is 0.0508. The van der Waals surface area contributed by atoms with Crippen molar-refractivity contribution in [1.29, 1.82) is 0 Å². The topological polar surface area (TPSA) is 104 Å². The highest BCUT2D eigenvalue weighted by Gasteiger charge is 2.31. The van der Waals surface area contributed by atoms with E-state index in [1.807, 2.05) is 31.2 Å². The van der Waals surface area contributed by atoms with Gasteiger partial charge in [0.2, 0.25) is 15.9 Å². The molecule has 2 aliphatic rings. The molecule has 0 spiro atoms. The number of carbonyl (C=O) groups is 3. The number of nitrogens with one attached hydrogen (secondary N) is 2. The molecule has 0 radical (unpaired) electrons. The van der Waals surface area contributed by atoms with Gasteiger partial charge in [0.05, 0.1) is 5.92 Å². The predicted molar refractivity (Wildman–Crippen MR) is 127 cm³/mol. The highest BCUT2D eigenvalue weighted by molar-refractivity contribution is 7.15. The lowest BCUT2D eigenvalue weighted by Crippen LogP contribution is -2.47. The Morgan fingerprint density at radius 3 is 2.36 bits per heavy atom. The molecule has 0 bridgehead atoms. The van der Waals surface area contributed by atoms with E-state index in [-0.39, 0.29) is 33.8 Å². The number of nitrogens with zero attached hydrogens (tertiary/aromatic N) is 3. The molecule has 0 unspecified atom stereocenters. The maximum Gasteiger partial charge on any atom is 0.286 e. The van der Waals surface area contributed by atoms with Crippen LogP contribution in [0, 0.1) is 12.8 Å². The molecule has 176 valence electrons. The van der Waals surface area contributed by atoms with Crippen LogP contribution < -0.4 is 10.6 Å². The minimum atomic E-state index is -0.394. The van der Waals surface area contributed by atoms with Gasteiger partial charge in [0, 0.05) is 24.8 Å². The molecule has 8 nitrogen and oxygen atoms in total. The third-order valence-corrected chi connectivity index (χ3v) is 7.30. The van der Waals surface area contributed by atoms with Crippen molar-refractivity contribution in [3.63, 3.8) is 0 Å². The largest absolute Gasteiger partial charge is 0.353 e. The first-order chi connectivity index (χ1) is 16.0. The van der Waals surface area contributed by atoms with Gasteiger partial charge in [-0.15, -0.1) is 10.2 Å². The molecular formula is C24H31N5O3S. The molecule has 1 aliphatic carbocycles. The fourth-order valence-electron chi connectivity index (χ4n) is 4.48. The summed E-state index contributed by atoms with van der Waals surface area (Å²) in [5.41, 5.74) is 1.76. The molecule has 1 aromatic heterocycles. The second-order valence-corrected chi connectivity index (χ2v) is 10.00. The maximum absolute atomic E-state index is 13.0. The maximum atomic E-state index is 13.0. The lowest BCUT2D eigenvalue weighted by Gasteiger charge is -2.32. The first-order valence-corrected chi connectivity index (χ1v) is 12.6. The van der Waals surface area contributed by atoms with Crippen LogP contribution in [0.15, 0.2) is 24.3 Å². The second kappa shape index (κ2) is 10.9. The molecule has 2 N–H and O–H groups in total. The van der Waals surface area contributed by atoms with Gasteiger partial charge in [-0.05, 0) is 44.7 Å². The SMILES string of the molecule is Cc1ccc(NC(=O)c2nnc(C(=O)N3CCC[C@H](C(=O)NC4CCCCCC4)C3)s2)cc1. The van der Waals surface area contributed by atoms with Gasteiger partial charge in [0.15, 0.2) is 0 Å². The van der Waals surface area contributed by atoms with E-state index >= 15 is 0 Å². The first kappa shape index (κ1) is 23.4. The summed E-state index contributed by atoms with van der Waals surface area (Å²) in [4.78, 5) is 40.0. The molecule has 1 aliphatic heterocycles. The van der Waals surface area contributed by atoms with E-state index in [0.29, 0.717) is 18.8 Å². The number of piperidine rings is 1. The zero-order valence-corrected chi connectivity index (χ0v) is 19.8. The Balaban J connectivity index is 1.33. The van der Waals surface area contributed by atoms with Crippen LogP contribution in [0.1, 0.15) is 76.5 Å². The van der Waals surface area contributed by atoms with Crippen molar-refractivity contribution in [3.05, 3.63) is 39.8 Å². The van der Waals surface area contributed by atoms with E-state index < -0.39 is 5.91 Å². The van der Waals surface area contributed by atoms with Crippen LogP contribution in [0.4, 0.5) is 5.69 Å². The molecule has 1 saturated heterocycles. The molecule has 3 amide bonds. The van der Waals surface area contributed by atoms with E-state index in [1.54, 1.807) is 4.90 Å². The Morgan fingerprint density at radius 1 is 0.939 bits per heavy atom. The average Bonchev–Trinajstić information content (AvgIpc) is 3.19. The number of aromatic nitrogens is 2. The van der Waals surface area contributed by atoms with Crippen LogP contribution in [0.5, 0.6) is 0 Å². The highest BCUT2D eigenvalue weighted by atomic mass is 32.1. The van der Waals surface area contributed by atoms with E-state index in [1.165, 1.54) is 12.8 Å². The normalized spacial score (nSPS) is 19.5. The highest BCUT2D eigenvalue weighted by Crippen LogP contribution is 2.23. The van der Waals surface area contributed by atoms with Gasteiger partial charge >= 0.3 is 0 Å². The third kappa shape index (κ3) is 6.16. The summed E-state index contributed by atoms with van der Waals surface area (Å²) in [6.07, 6.45) is 8.44. The van der Waals surface area contributed by atoms with Gasteiger partial charge in [-0.3, -0.25) is 14.4 Å². The quantitative estimate of drug-likeness (QED) is 0.649. The number of rotatable bonds is 5. The zero-order chi connectivity index (χ0) is 23.2. The number of aryl methyl sites for hydroxylation is 1. The molecule has 2 aromatic rings. The van der Waals surface area contributed by atoms with Crippen molar-refractivity contribution in [1.82, 2.24) is 20.4 Å². The van der Waals surface area contributed by atoms with E-state index in [4.69, 9.17) is 0 Å². The summed E-state index contributed by atoms with van der Waals surface area (Å²) in [5, 5.41) is 14.2. The molecule has 2 fully saturated rings. The smallest absolute Gasteiger partial charge is 0.286 e. The van der Waals surface area contributed by atoms with E-state index in [0.717, 1.165) is 55.4 Å². The molecule has 1 aromatic carbocycles. The summed E-state index contributed by atoms with van der Waals surface area (Å²) >= 11 is 0.980. The average molecular weight is 470 g/mol. The van der Waals surface area contributed by atoms with Crippen LogP contribution in [0.3, 0.4) is 0 Å². The standard InChI is InChI=1S/C24H31N5O3S/c1-16-10-12-19(13-11-16)26-21(31)22-27-28-23(33-22)24(32)29-14-6-7-17(15-29)20(30)25-18-8-4-2-3-5-9-18/h10-13,17-18H,2-9,14-15H2,1H3,(H,25,30)(H,26,31)/t17-/m0/s1. The number of amides is 3. The van der Waals surface area contributed by atoms with E-state index in [2.05, 4.69) is 20.8 Å². The Kier molecular flexibility index (Phi) is 7.69. The molecule has 33 heavy (non-hydrogen) atoms. The van der Waals surface area contributed by atoms with Crippen LogP contribution in [-0.2, 0) is 4.79 Å². The van der Waals surface area contributed by atoms with Gasteiger partial charge in [-0.1, -0.05) is 54.7 Å². The zero-order valence-electron chi connectivity index (χ0n) is 19.0. The Labute approximate surface area is 198 Å². The molecule has 9 heteroatoms. The summed E-state index contributed by atoms with van der Waals surface area (Å²) in [6, 6.07) is 7.69. The molecule has 4 rings (SSSR count). The van der Waals surface area contributed by atoms with E-state index in [9.17, 15) is 14.4 Å². The fraction of sp³-hybridized carbons (Fsp3) is 0.542. The molecule has 2 heterocycles. The van der Waals surface area contributed by atoms with Gasteiger partial charge in [-0.25, -0.2) is 0 Å². The van der Waals surface area contributed by atoms with Crippen molar-refractivity contribution in [3.8, 4) is 0 Å². The number of benzene rings is 1. The molecule has 1 saturated carbocycles. The number of hydrogen-bond acceptors (Lipinski definition) is 6. The Hall–Kier alpha value is -2.81. The fourth-order valence-corrected chi connectivity index (χ4v) is 5.18. The van der Waals surface area contributed by atoms with Gasteiger partial charge < -0.3 is 15.5 Å². The second-order valence-electron chi connectivity index (χ2n) is 9.02. The van der Waals surface area contributed by atoms with Gasteiger partial charge in [0.25, 0.3) is 11.8 Å². The Bertz CT molecular complexity index is 982. The van der Waals surface area contributed by atoms with Gasteiger partial charge in [-0.2, -0.15) is 0 Å². The number of hydrogen-bond donors (Lipinski definition) is 2.